The lowest BCUT2D eigenvalue weighted by molar-refractivity contribution is 0.0730. The summed E-state index contributed by atoms with van der Waals surface area (Å²) < 4.78 is 38.4. The van der Waals surface area contributed by atoms with E-state index < -0.39 is 10.0 Å². The standard InChI is InChI=1S/C25H32N2O4S/c28-32(29,26-14-17-30-18-15-26)23-12-10-22(11-13-23)31-19-16-27(21-8-9-21)25-7-3-5-20-4-1-2-6-24(20)25/h1-2,4,6,10-13,21,25H,3,5,7-9,14-19H2/t25-/m0/s1. The van der Waals surface area contributed by atoms with Crippen molar-refractivity contribution in [2.75, 3.05) is 39.5 Å². The van der Waals surface area contributed by atoms with Gasteiger partial charge in [0, 0.05) is 31.7 Å². The summed E-state index contributed by atoms with van der Waals surface area (Å²) in [5, 5.41) is 0. The lowest BCUT2D eigenvalue weighted by Crippen LogP contribution is -2.40. The molecule has 0 radical (unpaired) electrons. The Kier molecular flexibility index (Phi) is 6.51. The second-order valence-electron chi connectivity index (χ2n) is 8.91. The van der Waals surface area contributed by atoms with E-state index in [0.29, 0.717) is 55.6 Å². The van der Waals surface area contributed by atoms with E-state index in [0.717, 1.165) is 6.54 Å². The van der Waals surface area contributed by atoms with E-state index in [1.54, 1.807) is 24.3 Å². The molecule has 2 fully saturated rings. The number of hydrogen-bond acceptors (Lipinski definition) is 5. The van der Waals surface area contributed by atoms with E-state index in [2.05, 4.69) is 29.2 Å². The summed E-state index contributed by atoms with van der Waals surface area (Å²) in [7, 11) is -3.47. The van der Waals surface area contributed by atoms with Crippen LogP contribution in [-0.2, 0) is 21.2 Å². The van der Waals surface area contributed by atoms with Crippen LogP contribution in [0.3, 0.4) is 0 Å². The molecule has 1 saturated carbocycles. The van der Waals surface area contributed by atoms with E-state index in [-0.39, 0.29) is 0 Å². The molecule has 1 saturated heterocycles. The molecule has 172 valence electrons. The Bertz CT molecular complexity index is 1010. The number of morpholine rings is 1. The minimum Gasteiger partial charge on any atom is -0.492 e. The molecule has 1 aliphatic heterocycles. The third-order valence-electron chi connectivity index (χ3n) is 6.80. The zero-order chi connectivity index (χ0) is 22.0. The highest BCUT2D eigenvalue weighted by molar-refractivity contribution is 7.89. The van der Waals surface area contributed by atoms with Crippen molar-refractivity contribution < 1.29 is 17.9 Å². The van der Waals surface area contributed by atoms with Gasteiger partial charge in [-0.1, -0.05) is 24.3 Å². The maximum absolute atomic E-state index is 12.8. The molecule has 32 heavy (non-hydrogen) atoms. The second-order valence-corrected chi connectivity index (χ2v) is 10.9. The van der Waals surface area contributed by atoms with Crippen molar-refractivity contribution >= 4 is 10.0 Å². The molecule has 0 bridgehead atoms. The summed E-state index contributed by atoms with van der Waals surface area (Å²) in [6.07, 6.45) is 6.17. The number of fused-ring (bicyclic) bond motifs is 1. The van der Waals surface area contributed by atoms with Crippen LogP contribution in [0, 0.1) is 0 Å². The van der Waals surface area contributed by atoms with Crippen LogP contribution in [0.5, 0.6) is 5.75 Å². The minimum absolute atomic E-state index is 0.310. The molecular weight excluding hydrogens is 424 g/mol. The van der Waals surface area contributed by atoms with Gasteiger partial charge in [0.1, 0.15) is 12.4 Å². The molecule has 3 aliphatic rings. The second kappa shape index (κ2) is 9.51. The van der Waals surface area contributed by atoms with Gasteiger partial charge in [-0.2, -0.15) is 4.31 Å². The van der Waals surface area contributed by atoms with E-state index in [1.165, 1.54) is 47.5 Å². The molecular formula is C25H32N2O4S. The first kappa shape index (κ1) is 21.9. The molecule has 2 aromatic carbocycles. The van der Waals surface area contributed by atoms with Crippen LogP contribution in [0.4, 0.5) is 0 Å². The van der Waals surface area contributed by atoms with Crippen molar-refractivity contribution in [3.63, 3.8) is 0 Å². The zero-order valence-electron chi connectivity index (χ0n) is 18.5. The van der Waals surface area contributed by atoms with E-state index >= 15 is 0 Å². The van der Waals surface area contributed by atoms with Crippen molar-refractivity contribution in [1.29, 1.82) is 0 Å². The van der Waals surface area contributed by atoms with Crippen molar-refractivity contribution in [2.45, 2.75) is 49.1 Å². The number of benzene rings is 2. The van der Waals surface area contributed by atoms with Gasteiger partial charge in [-0.25, -0.2) is 8.42 Å². The van der Waals surface area contributed by atoms with Crippen LogP contribution in [0.2, 0.25) is 0 Å². The Balaban J connectivity index is 1.20. The van der Waals surface area contributed by atoms with Gasteiger partial charge in [-0.05, 0) is 67.5 Å². The van der Waals surface area contributed by atoms with Crippen LogP contribution in [0.1, 0.15) is 42.9 Å². The van der Waals surface area contributed by atoms with Crippen molar-refractivity contribution in [1.82, 2.24) is 9.21 Å². The fourth-order valence-electron chi connectivity index (χ4n) is 4.98. The Morgan fingerprint density at radius 2 is 1.75 bits per heavy atom. The van der Waals surface area contributed by atoms with Gasteiger partial charge in [0.2, 0.25) is 10.0 Å². The van der Waals surface area contributed by atoms with E-state index in [1.807, 2.05) is 0 Å². The van der Waals surface area contributed by atoms with Crippen LogP contribution < -0.4 is 4.74 Å². The number of hydrogen-bond donors (Lipinski definition) is 0. The van der Waals surface area contributed by atoms with E-state index in [4.69, 9.17) is 9.47 Å². The smallest absolute Gasteiger partial charge is 0.243 e. The van der Waals surface area contributed by atoms with Gasteiger partial charge in [0.15, 0.2) is 0 Å². The molecule has 0 amide bonds. The highest BCUT2D eigenvalue weighted by atomic mass is 32.2. The molecule has 1 atom stereocenters. The van der Waals surface area contributed by atoms with Crippen molar-refractivity contribution in [2.24, 2.45) is 0 Å². The molecule has 2 aliphatic carbocycles. The summed E-state index contributed by atoms with van der Waals surface area (Å²) >= 11 is 0. The van der Waals surface area contributed by atoms with Gasteiger partial charge in [0.25, 0.3) is 0 Å². The molecule has 0 unspecified atom stereocenters. The molecule has 5 rings (SSSR count). The first-order valence-electron chi connectivity index (χ1n) is 11.8. The first-order valence-corrected chi connectivity index (χ1v) is 13.2. The van der Waals surface area contributed by atoms with Crippen molar-refractivity contribution in [3.05, 3.63) is 59.7 Å². The molecule has 6 nitrogen and oxygen atoms in total. The summed E-state index contributed by atoms with van der Waals surface area (Å²) in [5.74, 6) is 0.714. The average molecular weight is 457 g/mol. The van der Waals surface area contributed by atoms with Gasteiger partial charge in [-0.15, -0.1) is 0 Å². The molecule has 0 aromatic heterocycles. The maximum atomic E-state index is 12.8. The topological polar surface area (TPSA) is 59.1 Å². The first-order chi connectivity index (χ1) is 15.6. The highest BCUT2D eigenvalue weighted by Gasteiger charge is 2.36. The normalized spacial score (nSPS) is 22.0. The number of sulfonamides is 1. The predicted octanol–water partition coefficient (Wildman–Crippen LogP) is 3.63. The Morgan fingerprint density at radius 3 is 2.50 bits per heavy atom. The van der Waals surface area contributed by atoms with Gasteiger partial charge in [-0.3, -0.25) is 4.90 Å². The van der Waals surface area contributed by atoms with Crippen molar-refractivity contribution in [3.8, 4) is 5.75 Å². The lowest BCUT2D eigenvalue weighted by atomic mass is 9.86. The maximum Gasteiger partial charge on any atom is 0.243 e. The quantitative estimate of drug-likeness (QED) is 0.607. The Morgan fingerprint density at radius 1 is 1.00 bits per heavy atom. The summed E-state index contributed by atoms with van der Waals surface area (Å²) in [6, 6.07) is 16.9. The number of rotatable bonds is 8. The lowest BCUT2D eigenvalue weighted by Gasteiger charge is -2.36. The largest absolute Gasteiger partial charge is 0.492 e. The zero-order valence-corrected chi connectivity index (χ0v) is 19.3. The third-order valence-corrected chi connectivity index (χ3v) is 8.72. The highest BCUT2D eigenvalue weighted by Crippen LogP contribution is 2.40. The monoisotopic (exact) mass is 456 g/mol. The minimum atomic E-state index is -3.47. The molecule has 7 heteroatoms. The fourth-order valence-corrected chi connectivity index (χ4v) is 6.39. The fraction of sp³-hybridized carbons (Fsp3) is 0.520. The van der Waals surface area contributed by atoms with Gasteiger partial charge < -0.3 is 9.47 Å². The number of ether oxygens (including phenoxy) is 2. The van der Waals surface area contributed by atoms with Gasteiger partial charge in [0.05, 0.1) is 18.1 Å². The molecule has 1 heterocycles. The predicted molar refractivity (Wildman–Crippen MR) is 123 cm³/mol. The van der Waals surface area contributed by atoms with E-state index in [9.17, 15) is 8.42 Å². The number of aryl methyl sites for hydroxylation is 1. The molecule has 2 aromatic rings. The van der Waals surface area contributed by atoms with Crippen LogP contribution in [-0.4, -0.2) is 63.1 Å². The molecule has 0 N–H and O–H groups in total. The van der Waals surface area contributed by atoms with Crippen LogP contribution in [0.25, 0.3) is 0 Å². The Hall–Kier alpha value is -1.93. The third kappa shape index (κ3) is 4.71. The summed E-state index contributed by atoms with van der Waals surface area (Å²) in [5.41, 5.74) is 2.98. The summed E-state index contributed by atoms with van der Waals surface area (Å²) in [4.78, 5) is 2.94. The molecule has 0 spiro atoms. The number of nitrogens with zero attached hydrogens (tertiary/aromatic N) is 2. The SMILES string of the molecule is O=S(=O)(c1ccc(OCCN(C2CC2)[C@H]2CCCc3ccccc32)cc1)N1CCOCC1. The summed E-state index contributed by atoms with van der Waals surface area (Å²) in [6.45, 7) is 3.19. The van der Waals surface area contributed by atoms with Gasteiger partial charge >= 0.3 is 0 Å². The average Bonchev–Trinajstić information content (AvgIpc) is 3.68. The van der Waals surface area contributed by atoms with Crippen LogP contribution >= 0.6 is 0 Å². The Labute approximate surface area is 191 Å². The van der Waals surface area contributed by atoms with Crippen LogP contribution in [0.15, 0.2) is 53.4 Å².